The number of rotatable bonds is 6. The van der Waals surface area contributed by atoms with Gasteiger partial charge in [0.05, 0.1) is 6.61 Å². The Bertz CT molecular complexity index is 357. The lowest BCUT2D eigenvalue weighted by molar-refractivity contribution is 0.243. The predicted octanol–water partition coefficient (Wildman–Crippen LogP) is 3.60. The van der Waals surface area contributed by atoms with E-state index in [-0.39, 0.29) is 5.82 Å². The average molecular weight is 304 g/mol. The molecule has 0 aliphatic heterocycles. The molecule has 0 bridgehead atoms. The van der Waals surface area contributed by atoms with Crippen molar-refractivity contribution in [3.05, 3.63) is 28.5 Å². The molecule has 0 aliphatic rings. The third kappa shape index (κ3) is 5.50. The highest BCUT2D eigenvalue weighted by atomic mass is 79.9. The Morgan fingerprint density at radius 1 is 1.35 bits per heavy atom. The summed E-state index contributed by atoms with van der Waals surface area (Å²) in [5.41, 5.74) is 0. The van der Waals surface area contributed by atoms with Crippen LogP contribution in [0.25, 0.3) is 0 Å². The molecule has 4 heteroatoms. The molecule has 1 atom stereocenters. The molecule has 1 rings (SSSR count). The van der Waals surface area contributed by atoms with Crippen molar-refractivity contribution in [1.29, 1.82) is 0 Å². The first-order valence-corrected chi connectivity index (χ1v) is 6.59. The molecule has 0 heterocycles. The van der Waals surface area contributed by atoms with Crippen LogP contribution in [0.3, 0.4) is 0 Å². The lowest BCUT2D eigenvalue weighted by Crippen LogP contribution is -2.30. The van der Waals surface area contributed by atoms with Crippen molar-refractivity contribution in [2.24, 2.45) is 5.92 Å². The Kier molecular flexibility index (Phi) is 5.92. The summed E-state index contributed by atoms with van der Waals surface area (Å²) in [5, 5.41) is 3.32. The molecule has 0 fully saturated rings. The van der Waals surface area contributed by atoms with Gasteiger partial charge in [0.1, 0.15) is 0 Å². The maximum atomic E-state index is 13.4. The predicted molar refractivity (Wildman–Crippen MR) is 71.9 cm³/mol. The van der Waals surface area contributed by atoms with Gasteiger partial charge >= 0.3 is 0 Å². The number of halogens is 2. The van der Waals surface area contributed by atoms with Crippen molar-refractivity contribution >= 4 is 15.9 Å². The minimum atomic E-state index is -0.322. The van der Waals surface area contributed by atoms with Gasteiger partial charge in [-0.05, 0) is 18.2 Å². The standard InChI is InChI=1S/C13H19BrFNO/c1-9(2)16-7-10(3)8-17-13-6-11(14)4-5-12(13)15/h4-6,9-10,16H,7-8H2,1-3H3. The van der Waals surface area contributed by atoms with Crippen molar-refractivity contribution in [2.45, 2.75) is 26.8 Å². The van der Waals surface area contributed by atoms with Crippen LogP contribution in [0.1, 0.15) is 20.8 Å². The minimum absolute atomic E-state index is 0.302. The van der Waals surface area contributed by atoms with E-state index in [9.17, 15) is 4.39 Å². The van der Waals surface area contributed by atoms with Gasteiger partial charge in [0.15, 0.2) is 11.6 Å². The molecule has 1 aromatic carbocycles. The third-order valence-corrected chi connectivity index (χ3v) is 2.78. The summed E-state index contributed by atoms with van der Waals surface area (Å²) in [4.78, 5) is 0. The summed E-state index contributed by atoms with van der Waals surface area (Å²) in [7, 11) is 0. The van der Waals surface area contributed by atoms with E-state index >= 15 is 0 Å². The molecule has 17 heavy (non-hydrogen) atoms. The van der Waals surface area contributed by atoms with Crippen molar-refractivity contribution in [2.75, 3.05) is 13.2 Å². The van der Waals surface area contributed by atoms with Gasteiger partial charge in [0, 0.05) is 23.0 Å². The second-order valence-corrected chi connectivity index (χ2v) is 5.47. The lowest BCUT2D eigenvalue weighted by Gasteiger charge is -2.16. The first-order chi connectivity index (χ1) is 7.99. The van der Waals surface area contributed by atoms with Crippen LogP contribution in [-0.4, -0.2) is 19.2 Å². The van der Waals surface area contributed by atoms with Crippen LogP contribution in [0.15, 0.2) is 22.7 Å². The van der Waals surface area contributed by atoms with Gasteiger partial charge in [-0.2, -0.15) is 0 Å². The van der Waals surface area contributed by atoms with Crippen LogP contribution in [0, 0.1) is 11.7 Å². The molecular weight excluding hydrogens is 285 g/mol. The van der Waals surface area contributed by atoms with Crippen molar-refractivity contribution in [3.8, 4) is 5.75 Å². The molecule has 0 saturated carbocycles. The van der Waals surface area contributed by atoms with Gasteiger partial charge in [-0.3, -0.25) is 0 Å². The molecule has 0 aliphatic carbocycles. The van der Waals surface area contributed by atoms with E-state index in [1.807, 2.05) is 0 Å². The lowest BCUT2D eigenvalue weighted by atomic mass is 10.2. The van der Waals surface area contributed by atoms with Gasteiger partial charge < -0.3 is 10.1 Å². The van der Waals surface area contributed by atoms with Gasteiger partial charge in [0.25, 0.3) is 0 Å². The van der Waals surface area contributed by atoms with E-state index in [0.717, 1.165) is 11.0 Å². The van der Waals surface area contributed by atoms with Crippen LogP contribution < -0.4 is 10.1 Å². The highest BCUT2D eigenvalue weighted by molar-refractivity contribution is 9.10. The molecule has 0 saturated heterocycles. The summed E-state index contributed by atoms with van der Waals surface area (Å²) in [6, 6.07) is 5.17. The number of nitrogens with one attached hydrogen (secondary N) is 1. The Labute approximate surface area is 111 Å². The van der Waals surface area contributed by atoms with E-state index in [1.54, 1.807) is 12.1 Å². The summed E-state index contributed by atoms with van der Waals surface area (Å²) >= 11 is 3.29. The van der Waals surface area contributed by atoms with Crippen molar-refractivity contribution in [1.82, 2.24) is 5.32 Å². The first kappa shape index (κ1) is 14.5. The van der Waals surface area contributed by atoms with Gasteiger partial charge in [-0.15, -0.1) is 0 Å². The van der Waals surface area contributed by atoms with Gasteiger partial charge in [0.2, 0.25) is 0 Å². The second-order valence-electron chi connectivity index (χ2n) is 4.55. The Balaban J connectivity index is 2.41. The topological polar surface area (TPSA) is 21.3 Å². The molecule has 0 spiro atoms. The molecule has 0 amide bonds. The second kappa shape index (κ2) is 6.97. The summed E-state index contributed by atoms with van der Waals surface area (Å²) in [6.07, 6.45) is 0. The van der Waals surface area contributed by atoms with E-state index < -0.39 is 0 Å². The smallest absolute Gasteiger partial charge is 0.165 e. The fourth-order valence-electron chi connectivity index (χ4n) is 1.32. The quantitative estimate of drug-likeness (QED) is 0.867. The Morgan fingerprint density at radius 2 is 2.06 bits per heavy atom. The van der Waals surface area contributed by atoms with E-state index in [4.69, 9.17) is 4.74 Å². The highest BCUT2D eigenvalue weighted by Crippen LogP contribution is 2.22. The SMILES string of the molecule is CC(CNC(C)C)COc1cc(Br)ccc1F. The molecule has 96 valence electrons. The summed E-state index contributed by atoms with van der Waals surface area (Å²) in [5.74, 6) is 0.323. The summed E-state index contributed by atoms with van der Waals surface area (Å²) < 4.78 is 19.7. The van der Waals surface area contributed by atoms with Gasteiger partial charge in [-0.1, -0.05) is 36.7 Å². The molecule has 1 unspecified atom stereocenters. The molecule has 0 radical (unpaired) electrons. The van der Waals surface area contributed by atoms with Crippen LogP contribution in [0.2, 0.25) is 0 Å². The normalized spacial score (nSPS) is 12.8. The molecule has 0 aromatic heterocycles. The number of ether oxygens (including phenoxy) is 1. The van der Waals surface area contributed by atoms with Crippen LogP contribution in [0.5, 0.6) is 5.75 Å². The number of hydrogen-bond acceptors (Lipinski definition) is 2. The minimum Gasteiger partial charge on any atom is -0.490 e. The van der Waals surface area contributed by atoms with Crippen molar-refractivity contribution < 1.29 is 9.13 Å². The first-order valence-electron chi connectivity index (χ1n) is 5.80. The largest absolute Gasteiger partial charge is 0.490 e. The van der Waals surface area contributed by atoms with Crippen LogP contribution in [0.4, 0.5) is 4.39 Å². The molecular formula is C13H19BrFNO. The zero-order valence-corrected chi connectivity index (χ0v) is 12.1. The maximum absolute atomic E-state index is 13.4. The molecule has 1 aromatic rings. The van der Waals surface area contributed by atoms with Crippen LogP contribution >= 0.6 is 15.9 Å². The third-order valence-electron chi connectivity index (χ3n) is 2.29. The van der Waals surface area contributed by atoms with E-state index in [1.165, 1.54) is 6.07 Å². The van der Waals surface area contributed by atoms with Gasteiger partial charge in [-0.25, -0.2) is 4.39 Å². The fraction of sp³-hybridized carbons (Fsp3) is 0.538. The van der Waals surface area contributed by atoms with Crippen molar-refractivity contribution in [3.63, 3.8) is 0 Å². The monoisotopic (exact) mass is 303 g/mol. The van der Waals surface area contributed by atoms with E-state index in [2.05, 4.69) is 42.0 Å². The maximum Gasteiger partial charge on any atom is 0.165 e. The zero-order valence-electron chi connectivity index (χ0n) is 10.5. The number of benzene rings is 1. The van der Waals surface area contributed by atoms with E-state index in [0.29, 0.717) is 24.3 Å². The van der Waals surface area contributed by atoms with Crippen LogP contribution in [-0.2, 0) is 0 Å². The fourth-order valence-corrected chi connectivity index (χ4v) is 1.66. The Morgan fingerprint density at radius 3 is 2.71 bits per heavy atom. The summed E-state index contributed by atoms with van der Waals surface area (Å²) in [6.45, 7) is 7.65. The Hall–Kier alpha value is -0.610. The number of hydrogen-bond donors (Lipinski definition) is 1. The average Bonchev–Trinajstić information content (AvgIpc) is 2.27. The molecule has 1 N–H and O–H groups in total. The highest BCUT2D eigenvalue weighted by Gasteiger charge is 2.07. The zero-order chi connectivity index (χ0) is 12.8. The molecule has 2 nitrogen and oxygen atoms in total.